The summed E-state index contributed by atoms with van der Waals surface area (Å²) in [5.41, 5.74) is 1.83. The van der Waals surface area contributed by atoms with Crippen molar-refractivity contribution in [2.75, 3.05) is 0 Å². The van der Waals surface area contributed by atoms with Crippen LogP contribution in [0.5, 0.6) is 0 Å². The summed E-state index contributed by atoms with van der Waals surface area (Å²) in [6.45, 7) is 0. The predicted molar refractivity (Wildman–Crippen MR) is 49.2 cm³/mol. The molecule has 0 bridgehead atoms. The van der Waals surface area contributed by atoms with Crippen molar-refractivity contribution < 1.29 is 0 Å². The van der Waals surface area contributed by atoms with Gasteiger partial charge in [-0.25, -0.2) is 0 Å². The maximum Gasteiger partial charge on any atom is 0.113 e. The summed E-state index contributed by atoms with van der Waals surface area (Å²) in [6, 6.07) is 5.93. The van der Waals surface area contributed by atoms with E-state index in [2.05, 4.69) is 20.4 Å². The number of pyridine rings is 1. The second kappa shape index (κ2) is 2.26. The Morgan fingerprint density at radius 1 is 1.15 bits per heavy atom. The molecule has 0 unspecified atom stereocenters. The molecule has 0 saturated carbocycles. The van der Waals surface area contributed by atoms with Gasteiger partial charge in [0.15, 0.2) is 0 Å². The van der Waals surface area contributed by atoms with Crippen LogP contribution < -0.4 is 0 Å². The third-order valence-electron chi connectivity index (χ3n) is 2.12. The van der Waals surface area contributed by atoms with Crippen LogP contribution in [0.2, 0.25) is 0 Å². The van der Waals surface area contributed by atoms with Crippen LogP contribution >= 0.6 is 0 Å². The number of rotatable bonds is 0. The van der Waals surface area contributed by atoms with Gasteiger partial charge in [0.05, 0.1) is 5.52 Å². The van der Waals surface area contributed by atoms with Gasteiger partial charge in [-0.3, -0.25) is 10.1 Å². The monoisotopic (exact) mass is 170 g/mol. The Morgan fingerprint density at radius 3 is 3.15 bits per heavy atom. The van der Waals surface area contributed by atoms with Crippen LogP contribution in [0.3, 0.4) is 0 Å². The minimum atomic E-state index is 0.875. The molecular formula is C9H6N4. The highest BCUT2D eigenvalue weighted by Crippen LogP contribution is 2.20. The average Bonchev–Trinajstić information content (AvgIpc) is 2.65. The number of nitrogens with zero attached hydrogens (tertiary/aromatic N) is 3. The SMILES string of the molecule is c1cc2ccc3nn[nH]c3c2cn1. The van der Waals surface area contributed by atoms with Crippen molar-refractivity contribution in [3.63, 3.8) is 0 Å². The first-order valence-electron chi connectivity index (χ1n) is 3.98. The van der Waals surface area contributed by atoms with E-state index in [4.69, 9.17) is 0 Å². The predicted octanol–water partition coefficient (Wildman–Crippen LogP) is 1.51. The fourth-order valence-electron chi connectivity index (χ4n) is 1.48. The van der Waals surface area contributed by atoms with E-state index in [1.807, 2.05) is 24.4 Å². The Bertz CT molecular complexity index is 570. The van der Waals surface area contributed by atoms with Gasteiger partial charge in [-0.05, 0) is 17.5 Å². The zero-order chi connectivity index (χ0) is 8.67. The van der Waals surface area contributed by atoms with Crippen LogP contribution in [0.25, 0.3) is 21.8 Å². The van der Waals surface area contributed by atoms with E-state index in [0.717, 1.165) is 21.8 Å². The van der Waals surface area contributed by atoms with Gasteiger partial charge in [0.25, 0.3) is 0 Å². The summed E-state index contributed by atoms with van der Waals surface area (Å²) >= 11 is 0. The largest absolute Gasteiger partial charge is 0.264 e. The highest BCUT2D eigenvalue weighted by Gasteiger charge is 2.01. The first-order valence-corrected chi connectivity index (χ1v) is 3.98. The summed E-state index contributed by atoms with van der Waals surface area (Å²) in [5, 5.41) is 12.8. The molecule has 13 heavy (non-hydrogen) atoms. The van der Waals surface area contributed by atoms with Gasteiger partial charge in [0, 0.05) is 17.8 Å². The van der Waals surface area contributed by atoms with E-state index in [-0.39, 0.29) is 0 Å². The van der Waals surface area contributed by atoms with Gasteiger partial charge < -0.3 is 0 Å². The number of aromatic amines is 1. The molecule has 0 amide bonds. The normalized spacial score (nSPS) is 11.1. The number of benzene rings is 1. The van der Waals surface area contributed by atoms with Crippen LogP contribution in [0.15, 0.2) is 30.6 Å². The number of nitrogens with one attached hydrogen (secondary N) is 1. The molecule has 0 spiro atoms. The van der Waals surface area contributed by atoms with E-state index in [9.17, 15) is 0 Å². The molecular weight excluding hydrogens is 164 g/mol. The molecule has 0 radical (unpaired) electrons. The summed E-state index contributed by atoms with van der Waals surface area (Å²) in [4.78, 5) is 4.07. The Kier molecular flexibility index (Phi) is 1.14. The molecule has 4 nitrogen and oxygen atoms in total. The molecule has 0 atom stereocenters. The molecule has 2 heterocycles. The third kappa shape index (κ3) is 0.823. The van der Waals surface area contributed by atoms with E-state index in [1.54, 1.807) is 6.20 Å². The molecule has 1 aromatic carbocycles. The fourth-order valence-corrected chi connectivity index (χ4v) is 1.48. The van der Waals surface area contributed by atoms with Crippen molar-refractivity contribution in [2.45, 2.75) is 0 Å². The van der Waals surface area contributed by atoms with Gasteiger partial charge in [-0.15, -0.1) is 5.10 Å². The van der Waals surface area contributed by atoms with Gasteiger partial charge in [0.1, 0.15) is 5.52 Å². The standard InChI is InChI=1S/C9H6N4/c1-2-8-9(12-13-11-8)7-5-10-4-3-6(1)7/h1-5H,(H,11,12,13). The number of hydrogen-bond acceptors (Lipinski definition) is 3. The van der Waals surface area contributed by atoms with E-state index in [1.165, 1.54) is 0 Å². The maximum atomic E-state index is 4.07. The molecule has 4 heteroatoms. The Morgan fingerprint density at radius 2 is 2.15 bits per heavy atom. The highest BCUT2D eigenvalue weighted by molar-refractivity contribution is 6.02. The van der Waals surface area contributed by atoms with Gasteiger partial charge in [-0.2, -0.15) is 0 Å². The Hall–Kier alpha value is -1.97. The molecule has 0 aliphatic rings. The smallest absolute Gasteiger partial charge is 0.113 e. The van der Waals surface area contributed by atoms with E-state index >= 15 is 0 Å². The van der Waals surface area contributed by atoms with Crippen molar-refractivity contribution in [3.05, 3.63) is 30.6 Å². The van der Waals surface area contributed by atoms with Gasteiger partial charge >= 0.3 is 0 Å². The van der Waals surface area contributed by atoms with Crippen molar-refractivity contribution in [2.24, 2.45) is 0 Å². The third-order valence-corrected chi connectivity index (χ3v) is 2.12. The first kappa shape index (κ1) is 6.54. The first-order chi connectivity index (χ1) is 6.45. The zero-order valence-electron chi connectivity index (χ0n) is 6.73. The summed E-state index contributed by atoms with van der Waals surface area (Å²) in [6.07, 6.45) is 3.59. The van der Waals surface area contributed by atoms with Crippen molar-refractivity contribution >= 4 is 21.8 Å². The molecule has 2 aromatic heterocycles. The Balaban J connectivity index is 2.65. The van der Waals surface area contributed by atoms with Gasteiger partial charge in [-0.1, -0.05) is 11.3 Å². The maximum absolute atomic E-state index is 4.07. The molecule has 3 rings (SSSR count). The zero-order valence-corrected chi connectivity index (χ0v) is 6.73. The quantitative estimate of drug-likeness (QED) is 0.556. The molecule has 3 aromatic rings. The van der Waals surface area contributed by atoms with Crippen molar-refractivity contribution in [3.8, 4) is 0 Å². The summed E-state index contributed by atoms with van der Waals surface area (Å²) in [5.74, 6) is 0. The van der Waals surface area contributed by atoms with Crippen LogP contribution in [0.4, 0.5) is 0 Å². The van der Waals surface area contributed by atoms with Crippen molar-refractivity contribution in [1.82, 2.24) is 20.4 Å². The lowest BCUT2D eigenvalue weighted by molar-refractivity contribution is 0.960. The van der Waals surface area contributed by atoms with E-state index in [0.29, 0.717) is 0 Å². The molecule has 0 aliphatic heterocycles. The summed E-state index contributed by atoms with van der Waals surface area (Å²) < 4.78 is 0. The van der Waals surface area contributed by atoms with E-state index < -0.39 is 0 Å². The Labute approximate surface area is 73.6 Å². The molecule has 0 fully saturated rings. The summed E-state index contributed by atoms with van der Waals surface area (Å²) in [7, 11) is 0. The molecule has 0 saturated heterocycles. The van der Waals surface area contributed by atoms with Gasteiger partial charge in [0.2, 0.25) is 0 Å². The molecule has 0 aliphatic carbocycles. The lowest BCUT2D eigenvalue weighted by Gasteiger charge is -1.95. The fraction of sp³-hybridized carbons (Fsp3) is 0. The number of H-pyrrole nitrogens is 1. The number of fused-ring (bicyclic) bond motifs is 3. The number of hydrogen-bond donors (Lipinski definition) is 1. The van der Waals surface area contributed by atoms with Crippen LogP contribution in [-0.2, 0) is 0 Å². The van der Waals surface area contributed by atoms with Crippen LogP contribution in [0, 0.1) is 0 Å². The number of aromatic nitrogens is 4. The van der Waals surface area contributed by atoms with Crippen LogP contribution in [-0.4, -0.2) is 20.4 Å². The highest BCUT2D eigenvalue weighted by atomic mass is 15.3. The lowest BCUT2D eigenvalue weighted by Crippen LogP contribution is -1.77. The lowest BCUT2D eigenvalue weighted by atomic mass is 10.1. The minimum absolute atomic E-state index is 0.875. The second-order valence-electron chi connectivity index (χ2n) is 2.87. The topological polar surface area (TPSA) is 54.5 Å². The minimum Gasteiger partial charge on any atom is -0.264 e. The second-order valence-corrected chi connectivity index (χ2v) is 2.87. The van der Waals surface area contributed by atoms with Crippen molar-refractivity contribution in [1.29, 1.82) is 0 Å². The van der Waals surface area contributed by atoms with Crippen LogP contribution in [0.1, 0.15) is 0 Å². The average molecular weight is 170 g/mol. The molecule has 1 N–H and O–H groups in total. The molecule has 62 valence electrons.